The lowest BCUT2D eigenvalue weighted by atomic mass is 9.86. The van der Waals surface area contributed by atoms with Gasteiger partial charge in [-0.3, -0.25) is 9.78 Å². The molecule has 0 aliphatic heterocycles. The van der Waals surface area contributed by atoms with Gasteiger partial charge in [-0.05, 0) is 27.7 Å². The Morgan fingerprint density at radius 2 is 1.94 bits per heavy atom. The molecule has 1 rings (SSSR count). The molecule has 88 valence electrons. The number of nitrogens with one attached hydrogen (secondary N) is 1. The Balaban J connectivity index is 2.80. The first-order valence-electron chi connectivity index (χ1n) is 5.05. The summed E-state index contributed by atoms with van der Waals surface area (Å²) in [7, 11) is 0. The molecular formula is C11H17N3O2. The molecule has 5 heteroatoms. The van der Waals surface area contributed by atoms with Crippen molar-refractivity contribution in [1.29, 1.82) is 0 Å². The second-order valence-electron chi connectivity index (χ2n) is 4.73. The number of carbonyl (C=O) groups excluding carboxylic acids is 1. The van der Waals surface area contributed by atoms with Gasteiger partial charge in [0.2, 0.25) is 0 Å². The Morgan fingerprint density at radius 3 is 2.38 bits per heavy atom. The predicted octanol–water partition coefficient (Wildman–Crippen LogP) is 0.756. The van der Waals surface area contributed by atoms with Gasteiger partial charge in [0.05, 0.1) is 17.3 Å². The van der Waals surface area contributed by atoms with Crippen LogP contribution in [0, 0.1) is 0 Å². The van der Waals surface area contributed by atoms with Gasteiger partial charge >= 0.3 is 0 Å². The van der Waals surface area contributed by atoms with Gasteiger partial charge in [-0.25, -0.2) is 4.98 Å². The van der Waals surface area contributed by atoms with Crippen molar-refractivity contribution in [3.05, 3.63) is 24.3 Å². The van der Waals surface area contributed by atoms with Crippen molar-refractivity contribution in [2.45, 2.75) is 38.8 Å². The number of hydrogen-bond donors (Lipinski definition) is 2. The normalized spacial score (nSPS) is 12.3. The molecule has 0 saturated carbocycles. The summed E-state index contributed by atoms with van der Waals surface area (Å²) in [4.78, 5) is 19.5. The fourth-order valence-corrected chi connectivity index (χ4v) is 0.917. The van der Waals surface area contributed by atoms with Crippen LogP contribution in [0.2, 0.25) is 0 Å². The Bertz CT molecular complexity index is 369. The van der Waals surface area contributed by atoms with E-state index in [2.05, 4.69) is 15.3 Å². The van der Waals surface area contributed by atoms with E-state index in [0.717, 1.165) is 0 Å². The molecule has 1 aromatic heterocycles. The summed E-state index contributed by atoms with van der Waals surface area (Å²) in [6.07, 6.45) is 4.33. The zero-order valence-corrected chi connectivity index (χ0v) is 9.98. The van der Waals surface area contributed by atoms with Crippen molar-refractivity contribution in [2.75, 3.05) is 0 Å². The highest BCUT2D eigenvalue weighted by Crippen LogP contribution is 2.20. The Hall–Kier alpha value is -1.49. The Kier molecular flexibility index (Phi) is 3.28. The lowest BCUT2D eigenvalue weighted by Gasteiger charge is -2.37. The molecule has 0 unspecified atom stereocenters. The van der Waals surface area contributed by atoms with E-state index in [0.29, 0.717) is 0 Å². The maximum Gasteiger partial charge on any atom is 0.271 e. The number of aromatic nitrogens is 2. The summed E-state index contributed by atoms with van der Waals surface area (Å²) in [5.74, 6) is -0.347. The monoisotopic (exact) mass is 223 g/mol. The molecule has 0 aromatic carbocycles. The van der Waals surface area contributed by atoms with Crippen LogP contribution in [0.4, 0.5) is 0 Å². The number of carbonyl (C=O) groups is 1. The fraction of sp³-hybridized carbons (Fsp3) is 0.545. The van der Waals surface area contributed by atoms with Gasteiger partial charge in [0.25, 0.3) is 5.91 Å². The standard InChI is InChI=1S/C11H17N3O2/c1-10(2,11(3,4)16)14-9(15)8-7-12-5-6-13-8/h5-7,16H,1-4H3,(H,14,15). The number of aliphatic hydroxyl groups is 1. The first kappa shape index (κ1) is 12.6. The Morgan fingerprint density at radius 1 is 1.31 bits per heavy atom. The van der Waals surface area contributed by atoms with Gasteiger partial charge in [0.1, 0.15) is 5.69 Å². The van der Waals surface area contributed by atoms with Crippen molar-refractivity contribution < 1.29 is 9.90 Å². The highest BCUT2D eigenvalue weighted by Gasteiger charge is 2.36. The lowest BCUT2D eigenvalue weighted by Crippen LogP contribution is -2.57. The van der Waals surface area contributed by atoms with E-state index in [1.165, 1.54) is 18.6 Å². The highest BCUT2D eigenvalue weighted by molar-refractivity contribution is 5.92. The van der Waals surface area contributed by atoms with Crippen LogP contribution in [0.1, 0.15) is 38.2 Å². The van der Waals surface area contributed by atoms with Crippen LogP contribution >= 0.6 is 0 Å². The van der Waals surface area contributed by atoms with Crippen molar-refractivity contribution in [1.82, 2.24) is 15.3 Å². The van der Waals surface area contributed by atoms with Gasteiger partial charge in [-0.2, -0.15) is 0 Å². The molecule has 1 aromatic rings. The third kappa shape index (κ3) is 2.76. The average molecular weight is 223 g/mol. The number of rotatable bonds is 3. The SMILES string of the molecule is CC(C)(O)C(C)(C)NC(=O)c1cnccn1. The van der Waals surface area contributed by atoms with Gasteiger partial charge in [-0.1, -0.05) is 0 Å². The first-order valence-corrected chi connectivity index (χ1v) is 5.05. The average Bonchev–Trinajstić information content (AvgIpc) is 2.16. The summed E-state index contributed by atoms with van der Waals surface area (Å²) >= 11 is 0. The molecule has 0 spiro atoms. The summed E-state index contributed by atoms with van der Waals surface area (Å²) in [5, 5.41) is 12.6. The minimum atomic E-state index is -1.02. The predicted molar refractivity (Wildman–Crippen MR) is 59.9 cm³/mol. The molecule has 0 bridgehead atoms. The van der Waals surface area contributed by atoms with Gasteiger partial charge < -0.3 is 10.4 Å². The van der Waals surface area contributed by atoms with Crippen LogP contribution in [0.15, 0.2) is 18.6 Å². The van der Waals surface area contributed by atoms with E-state index >= 15 is 0 Å². The molecule has 0 saturated heterocycles. The van der Waals surface area contributed by atoms with Gasteiger partial charge in [0.15, 0.2) is 0 Å². The lowest BCUT2D eigenvalue weighted by molar-refractivity contribution is -0.00303. The second-order valence-corrected chi connectivity index (χ2v) is 4.73. The number of amides is 1. The van der Waals surface area contributed by atoms with Crippen molar-refractivity contribution in [2.24, 2.45) is 0 Å². The third-order valence-corrected chi connectivity index (χ3v) is 2.75. The summed E-state index contributed by atoms with van der Waals surface area (Å²) in [5.41, 5.74) is -1.54. The van der Waals surface area contributed by atoms with Crippen molar-refractivity contribution in [3.8, 4) is 0 Å². The first-order chi connectivity index (χ1) is 7.24. The zero-order chi connectivity index (χ0) is 12.4. The second kappa shape index (κ2) is 4.17. The highest BCUT2D eigenvalue weighted by atomic mass is 16.3. The van der Waals surface area contributed by atoms with Crippen molar-refractivity contribution in [3.63, 3.8) is 0 Å². The minimum Gasteiger partial charge on any atom is -0.388 e. The molecule has 0 radical (unpaired) electrons. The van der Waals surface area contributed by atoms with Crippen LogP contribution in [-0.2, 0) is 0 Å². The molecule has 0 aliphatic carbocycles. The molecule has 16 heavy (non-hydrogen) atoms. The van der Waals surface area contributed by atoms with Gasteiger partial charge in [0, 0.05) is 12.4 Å². The molecule has 1 amide bonds. The minimum absolute atomic E-state index is 0.236. The number of hydrogen-bond acceptors (Lipinski definition) is 4. The molecule has 5 nitrogen and oxygen atoms in total. The smallest absolute Gasteiger partial charge is 0.271 e. The largest absolute Gasteiger partial charge is 0.388 e. The van der Waals surface area contributed by atoms with Gasteiger partial charge in [-0.15, -0.1) is 0 Å². The third-order valence-electron chi connectivity index (χ3n) is 2.75. The maximum absolute atomic E-state index is 11.8. The zero-order valence-electron chi connectivity index (χ0n) is 9.98. The van der Waals surface area contributed by atoms with Crippen molar-refractivity contribution >= 4 is 5.91 Å². The van der Waals surface area contributed by atoms with E-state index in [1.807, 2.05) is 0 Å². The van der Waals surface area contributed by atoms with Crippen LogP contribution in [-0.4, -0.2) is 32.1 Å². The van der Waals surface area contributed by atoms with E-state index in [1.54, 1.807) is 27.7 Å². The maximum atomic E-state index is 11.8. The molecule has 1 heterocycles. The quantitative estimate of drug-likeness (QED) is 0.793. The molecular weight excluding hydrogens is 206 g/mol. The Labute approximate surface area is 94.9 Å². The van der Waals surface area contributed by atoms with Crippen LogP contribution < -0.4 is 5.32 Å². The van der Waals surface area contributed by atoms with E-state index in [9.17, 15) is 9.90 Å². The number of nitrogens with zero attached hydrogens (tertiary/aromatic N) is 2. The van der Waals surface area contributed by atoms with Crippen LogP contribution in [0.25, 0.3) is 0 Å². The topological polar surface area (TPSA) is 75.1 Å². The van der Waals surface area contributed by atoms with E-state index in [-0.39, 0.29) is 11.6 Å². The molecule has 0 fully saturated rings. The van der Waals surface area contributed by atoms with Crippen LogP contribution in [0.3, 0.4) is 0 Å². The fourth-order valence-electron chi connectivity index (χ4n) is 0.917. The summed E-state index contributed by atoms with van der Waals surface area (Å²) in [6.45, 7) is 6.79. The molecule has 0 atom stereocenters. The summed E-state index contributed by atoms with van der Waals surface area (Å²) < 4.78 is 0. The van der Waals surface area contributed by atoms with E-state index < -0.39 is 11.1 Å². The van der Waals surface area contributed by atoms with E-state index in [4.69, 9.17) is 0 Å². The van der Waals surface area contributed by atoms with Crippen LogP contribution in [0.5, 0.6) is 0 Å². The molecule has 0 aliphatic rings. The summed E-state index contributed by atoms with van der Waals surface area (Å²) in [6, 6.07) is 0. The molecule has 2 N–H and O–H groups in total.